The molecule has 1 aliphatic heterocycles. The van der Waals surface area contributed by atoms with Gasteiger partial charge in [0.1, 0.15) is 5.70 Å². The summed E-state index contributed by atoms with van der Waals surface area (Å²) in [5, 5.41) is 3.35. The van der Waals surface area contributed by atoms with E-state index in [0.29, 0.717) is 28.2 Å². The van der Waals surface area contributed by atoms with Gasteiger partial charge >= 0.3 is 0 Å². The zero-order valence-corrected chi connectivity index (χ0v) is 16.6. The van der Waals surface area contributed by atoms with Crippen LogP contribution in [0.25, 0.3) is 6.08 Å². The lowest BCUT2D eigenvalue weighted by Gasteiger charge is -2.15. The van der Waals surface area contributed by atoms with Crippen molar-refractivity contribution >= 4 is 35.0 Å². The van der Waals surface area contributed by atoms with E-state index in [9.17, 15) is 4.79 Å². The third-order valence-corrected chi connectivity index (χ3v) is 4.71. The molecule has 0 bridgehead atoms. The van der Waals surface area contributed by atoms with E-state index in [2.05, 4.69) is 19.2 Å². The molecular formula is C21H22N2O3S. The zero-order valence-electron chi connectivity index (χ0n) is 15.8. The Morgan fingerprint density at radius 1 is 1.07 bits per heavy atom. The number of benzene rings is 2. The second-order valence-corrected chi connectivity index (χ2v) is 6.84. The van der Waals surface area contributed by atoms with Crippen LogP contribution in [0.15, 0.2) is 48.2 Å². The normalized spacial score (nSPS) is 15.4. The van der Waals surface area contributed by atoms with Gasteiger partial charge in [0.25, 0.3) is 5.91 Å². The van der Waals surface area contributed by atoms with E-state index in [4.69, 9.17) is 21.7 Å². The van der Waals surface area contributed by atoms with Crippen molar-refractivity contribution in [2.75, 3.05) is 19.1 Å². The van der Waals surface area contributed by atoms with Crippen molar-refractivity contribution in [2.24, 2.45) is 0 Å². The molecule has 0 unspecified atom stereocenters. The summed E-state index contributed by atoms with van der Waals surface area (Å²) in [7, 11) is 3.14. The van der Waals surface area contributed by atoms with Crippen LogP contribution in [0.4, 0.5) is 5.69 Å². The number of ether oxygens (including phenoxy) is 2. The van der Waals surface area contributed by atoms with Gasteiger partial charge in [-0.15, -0.1) is 0 Å². The van der Waals surface area contributed by atoms with Crippen molar-refractivity contribution in [3.8, 4) is 11.5 Å². The topological polar surface area (TPSA) is 50.8 Å². The summed E-state index contributed by atoms with van der Waals surface area (Å²) in [6.45, 7) is 4.26. The highest BCUT2D eigenvalue weighted by Crippen LogP contribution is 2.33. The van der Waals surface area contributed by atoms with Gasteiger partial charge < -0.3 is 14.8 Å². The number of para-hydroxylation sites is 1. The van der Waals surface area contributed by atoms with Gasteiger partial charge in [-0.3, -0.25) is 9.69 Å². The van der Waals surface area contributed by atoms with Gasteiger partial charge in [-0.1, -0.05) is 38.1 Å². The second-order valence-electron chi connectivity index (χ2n) is 6.46. The van der Waals surface area contributed by atoms with E-state index >= 15 is 0 Å². The van der Waals surface area contributed by atoms with Crippen molar-refractivity contribution in [1.29, 1.82) is 0 Å². The molecule has 5 nitrogen and oxygen atoms in total. The van der Waals surface area contributed by atoms with Crippen molar-refractivity contribution in [3.63, 3.8) is 0 Å². The average molecular weight is 382 g/mol. The molecule has 0 aromatic heterocycles. The Balaban J connectivity index is 1.93. The average Bonchev–Trinajstić information content (AvgIpc) is 2.94. The standard InChI is InChI=1S/C21H22N2O3S/c1-13(2)14-8-10-16(11-9-14)23-20(24)17(22-21(23)27)12-15-6-5-7-18(25-3)19(15)26-4/h5-13H,1-4H3,(H,22,27)/b17-12-. The summed E-state index contributed by atoms with van der Waals surface area (Å²) in [6.07, 6.45) is 1.72. The first-order valence-corrected chi connectivity index (χ1v) is 9.05. The summed E-state index contributed by atoms with van der Waals surface area (Å²) in [5.41, 5.74) is 3.07. The Morgan fingerprint density at radius 3 is 2.37 bits per heavy atom. The summed E-state index contributed by atoms with van der Waals surface area (Å²) < 4.78 is 10.7. The van der Waals surface area contributed by atoms with Crippen molar-refractivity contribution in [3.05, 3.63) is 59.3 Å². The van der Waals surface area contributed by atoms with E-state index in [-0.39, 0.29) is 5.91 Å². The van der Waals surface area contributed by atoms with Gasteiger partial charge in [-0.25, -0.2) is 0 Å². The number of anilines is 1. The van der Waals surface area contributed by atoms with E-state index in [1.807, 2.05) is 36.4 Å². The lowest BCUT2D eigenvalue weighted by molar-refractivity contribution is -0.113. The van der Waals surface area contributed by atoms with E-state index in [1.165, 1.54) is 10.5 Å². The van der Waals surface area contributed by atoms with Gasteiger partial charge in [-0.2, -0.15) is 0 Å². The molecule has 2 aromatic rings. The maximum atomic E-state index is 12.9. The highest BCUT2D eigenvalue weighted by molar-refractivity contribution is 7.80. The highest BCUT2D eigenvalue weighted by atomic mass is 32.1. The Morgan fingerprint density at radius 2 is 1.78 bits per heavy atom. The minimum atomic E-state index is -0.206. The lowest BCUT2D eigenvalue weighted by atomic mass is 10.0. The van der Waals surface area contributed by atoms with Crippen LogP contribution in [0.5, 0.6) is 11.5 Å². The summed E-state index contributed by atoms with van der Waals surface area (Å²) in [5.74, 6) is 1.38. The quantitative estimate of drug-likeness (QED) is 0.624. The zero-order chi connectivity index (χ0) is 19.6. The smallest absolute Gasteiger partial charge is 0.281 e. The van der Waals surface area contributed by atoms with Gasteiger partial charge in [0.05, 0.1) is 19.9 Å². The predicted molar refractivity (Wildman–Crippen MR) is 111 cm³/mol. The van der Waals surface area contributed by atoms with Crippen LogP contribution >= 0.6 is 12.2 Å². The molecule has 1 N–H and O–H groups in total. The van der Waals surface area contributed by atoms with Crippen LogP contribution in [-0.2, 0) is 4.79 Å². The number of amides is 1. The molecule has 2 aromatic carbocycles. The predicted octanol–water partition coefficient (Wildman–Crippen LogP) is 4.09. The molecule has 1 amide bonds. The fourth-order valence-corrected chi connectivity index (χ4v) is 3.26. The van der Waals surface area contributed by atoms with Crippen LogP contribution < -0.4 is 19.7 Å². The molecule has 1 saturated heterocycles. The number of thiocarbonyl (C=S) groups is 1. The summed E-state index contributed by atoms with van der Waals surface area (Å²) in [6, 6.07) is 13.4. The number of hydrogen-bond donors (Lipinski definition) is 1. The Hall–Kier alpha value is -2.86. The number of nitrogens with zero attached hydrogens (tertiary/aromatic N) is 1. The molecule has 3 rings (SSSR count). The van der Waals surface area contributed by atoms with Gasteiger partial charge in [0, 0.05) is 5.56 Å². The van der Waals surface area contributed by atoms with E-state index in [1.54, 1.807) is 26.4 Å². The van der Waals surface area contributed by atoms with Gasteiger partial charge in [0.15, 0.2) is 16.6 Å². The molecule has 1 aliphatic rings. The second kappa shape index (κ2) is 7.80. The molecule has 6 heteroatoms. The number of carbonyl (C=O) groups is 1. The first-order chi connectivity index (χ1) is 13.0. The SMILES string of the molecule is COc1cccc(/C=C2\NC(=S)N(c3ccc(C(C)C)cc3)C2=O)c1OC. The van der Waals surface area contributed by atoms with Gasteiger partial charge in [0.2, 0.25) is 0 Å². The number of nitrogens with one attached hydrogen (secondary N) is 1. The molecule has 1 heterocycles. The van der Waals surface area contributed by atoms with Crippen LogP contribution in [0.2, 0.25) is 0 Å². The minimum Gasteiger partial charge on any atom is -0.493 e. The highest BCUT2D eigenvalue weighted by Gasteiger charge is 2.32. The third-order valence-electron chi connectivity index (χ3n) is 4.43. The number of hydrogen-bond acceptors (Lipinski definition) is 4. The van der Waals surface area contributed by atoms with Crippen LogP contribution in [0.1, 0.15) is 30.9 Å². The molecule has 1 fully saturated rings. The molecule has 0 atom stereocenters. The maximum Gasteiger partial charge on any atom is 0.281 e. The largest absolute Gasteiger partial charge is 0.493 e. The van der Waals surface area contributed by atoms with Crippen molar-refractivity contribution in [1.82, 2.24) is 5.32 Å². The van der Waals surface area contributed by atoms with E-state index in [0.717, 1.165) is 11.3 Å². The number of rotatable bonds is 5. The minimum absolute atomic E-state index is 0.206. The first kappa shape index (κ1) is 18.9. The van der Waals surface area contributed by atoms with Gasteiger partial charge in [-0.05, 0) is 48.0 Å². The fourth-order valence-electron chi connectivity index (χ4n) is 2.96. The Labute approximate surface area is 164 Å². The van der Waals surface area contributed by atoms with Crippen LogP contribution in [0, 0.1) is 0 Å². The Bertz CT molecular complexity index is 904. The molecular weight excluding hydrogens is 360 g/mol. The molecule has 0 radical (unpaired) electrons. The summed E-state index contributed by atoms with van der Waals surface area (Å²) in [4.78, 5) is 14.4. The number of methoxy groups -OCH3 is 2. The molecule has 0 spiro atoms. The number of carbonyl (C=O) groups excluding carboxylic acids is 1. The molecule has 140 valence electrons. The van der Waals surface area contributed by atoms with E-state index < -0.39 is 0 Å². The van der Waals surface area contributed by atoms with Crippen LogP contribution in [0.3, 0.4) is 0 Å². The molecule has 27 heavy (non-hydrogen) atoms. The maximum absolute atomic E-state index is 12.9. The lowest BCUT2D eigenvalue weighted by Crippen LogP contribution is -2.30. The third kappa shape index (κ3) is 3.66. The summed E-state index contributed by atoms with van der Waals surface area (Å²) >= 11 is 5.38. The molecule has 0 aliphatic carbocycles. The first-order valence-electron chi connectivity index (χ1n) is 8.64. The fraction of sp³-hybridized carbons (Fsp3) is 0.238. The van der Waals surface area contributed by atoms with Crippen molar-refractivity contribution in [2.45, 2.75) is 19.8 Å². The van der Waals surface area contributed by atoms with Crippen molar-refractivity contribution < 1.29 is 14.3 Å². The van der Waals surface area contributed by atoms with Crippen LogP contribution in [-0.4, -0.2) is 25.2 Å². The Kier molecular flexibility index (Phi) is 5.46. The molecule has 0 saturated carbocycles. The monoisotopic (exact) mass is 382 g/mol.